The molecule has 2 N–H and O–H groups in total. The lowest BCUT2D eigenvalue weighted by atomic mass is 10.2. The van der Waals surface area contributed by atoms with Crippen molar-refractivity contribution in [1.29, 1.82) is 0 Å². The van der Waals surface area contributed by atoms with Gasteiger partial charge in [-0.1, -0.05) is 34.8 Å². The number of H-pyrrole nitrogens is 1. The average Bonchev–Trinajstić information content (AvgIpc) is 2.76. The molecular formula is C13H11Cl3N2O2. The number of benzene rings is 1. The van der Waals surface area contributed by atoms with Gasteiger partial charge < -0.3 is 15.0 Å². The monoisotopic (exact) mass is 332 g/mol. The lowest BCUT2D eigenvalue weighted by molar-refractivity contribution is 0.0946. The first kappa shape index (κ1) is 15.0. The second-order valence-corrected chi connectivity index (χ2v) is 5.21. The number of aromatic amines is 1. The van der Waals surface area contributed by atoms with Crippen molar-refractivity contribution in [2.75, 3.05) is 7.11 Å². The maximum Gasteiger partial charge on any atom is 0.268 e. The molecule has 0 atom stereocenters. The number of hydrogen-bond donors (Lipinski definition) is 2. The van der Waals surface area contributed by atoms with Crippen LogP contribution in [0.25, 0.3) is 0 Å². The third kappa shape index (κ3) is 3.39. The quantitative estimate of drug-likeness (QED) is 0.891. The summed E-state index contributed by atoms with van der Waals surface area (Å²) in [7, 11) is 1.55. The predicted molar refractivity (Wildman–Crippen MR) is 80.0 cm³/mol. The van der Waals surface area contributed by atoms with Crippen molar-refractivity contribution >= 4 is 40.7 Å². The minimum absolute atomic E-state index is 0.233. The molecule has 1 aromatic heterocycles. The summed E-state index contributed by atoms with van der Waals surface area (Å²) in [6, 6.07) is 6.66. The number of carbonyl (C=O) groups is 1. The van der Waals surface area contributed by atoms with E-state index in [-0.39, 0.29) is 17.6 Å². The molecule has 0 aliphatic carbocycles. The summed E-state index contributed by atoms with van der Waals surface area (Å²) in [6.07, 6.45) is 0. The van der Waals surface area contributed by atoms with Crippen LogP contribution >= 0.6 is 34.8 Å². The molecule has 0 bridgehead atoms. The summed E-state index contributed by atoms with van der Waals surface area (Å²) >= 11 is 17.5. The molecule has 4 nitrogen and oxygen atoms in total. The molecule has 0 unspecified atom stereocenters. The summed E-state index contributed by atoms with van der Waals surface area (Å²) in [5.74, 6) is 0.332. The van der Waals surface area contributed by atoms with Crippen LogP contribution in [-0.4, -0.2) is 18.0 Å². The fourth-order valence-corrected chi connectivity index (χ4v) is 2.19. The number of hydrogen-bond acceptors (Lipinski definition) is 2. The SMILES string of the molecule is COc1ccc(Cl)cc1CNC(=O)c1cc(Cl)c(Cl)[nH]1. The van der Waals surface area contributed by atoms with Crippen LogP contribution in [0.5, 0.6) is 5.75 Å². The Morgan fingerprint density at radius 1 is 1.30 bits per heavy atom. The van der Waals surface area contributed by atoms with Gasteiger partial charge in [-0.25, -0.2) is 0 Å². The lowest BCUT2D eigenvalue weighted by Gasteiger charge is -2.09. The smallest absolute Gasteiger partial charge is 0.268 e. The van der Waals surface area contributed by atoms with Crippen molar-refractivity contribution in [3.63, 3.8) is 0 Å². The van der Waals surface area contributed by atoms with Crippen LogP contribution in [0.4, 0.5) is 0 Å². The fourth-order valence-electron chi connectivity index (χ4n) is 1.68. The zero-order valence-corrected chi connectivity index (χ0v) is 12.7. The molecular weight excluding hydrogens is 323 g/mol. The first-order chi connectivity index (χ1) is 9.51. The van der Waals surface area contributed by atoms with Crippen molar-refractivity contribution < 1.29 is 9.53 Å². The molecule has 0 saturated carbocycles. The van der Waals surface area contributed by atoms with E-state index in [0.717, 1.165) is 5.56 Å². The third-order valence-electron chi connectivity index (χ3n) is 2.65. The van der Waals surface area contributed by atoms with Crippen LogP contribution in [0, 0.1) is 0 Å². The Hall–Kier alpha value is -1.36. The van der Waals surface area contributed by atoms with E-state index in [1.165, 1.54) is 6.07 Å². The van der Waals surface area contributed by atoms with Gasteiger partial charge >= 0.3 is 0 Å². The van der Waals surface area contributed by atoms with Crippen molar-refractivity contribution in [3.05, 3.63) is 50.7 Å². The number of amides is 1. The molecule has 2 rings (SSSR count). The molecule has 0 radical (unpaired) electrons. The molecule has 106 valence electrons. The Kier molecular flexibility index (Phi) is 4.81. The molecule has 0 aliphatic heterocycles. The largest absolute Gasteiger partial charge is 0.496 e. The number of aromatic nitrogens is 1. The van der Waals surface area contributed by atoms with Crippen LogP contribution < -0.4 is 10.1 Å². The number of halogens is 3. The highest BCUT2D eigenvalue weighted by Gasteiger charge is 2.12. The number of methoxy groups -OCH3 is 1. The number of nitrogens with one attached hydrogen (secondary N) is 2. The van der Waals surface area contributed by atoms with Crippen molar-refractivity contribution in [2.45, 2.75) is 6.54 Å². The molecule has 1 amide bonds. The summed E-state index contributed by atoms with van der Waals surface area (Å²) in [5.41, 5.74) is 1.07. The highest BCUT2D eigenvalue weighted by molar-refractivity contribution is 6.41. The average molecular weight is 334 g/mol. The number of carbonyl (C=O) groups excluding carboxylic acids is 1. The third-order valence-corrected chi connectivity index (χ3v) is 3.58. The Labute approximate surface area is 131 Å². The van der Waals surface area contributed by atoms with Crippen molar-refractivity contribution in [2.24, 2.45) is 0 Å². The first-order valence-electron chi connectivity index (χ1n) is 5.66. The second-order valence-electron chi connectivity index (χ2n) is 3.98. The predicted octanol–water partition coefficient (Wildman–Crippen LogP) is 3.91. The van der Waals surface area contributed by atoms with E-state index in [0.29, 0.717) is 21.5 Å². The molecule has 0 fully saturated rings. The molecule has 20 heavy (non-hydrogen) atoms. The van der Waals surface area contributed by atoms with Crippen LogP contribution in [0.2, 0.25) is 15.2 Å². The normalized spacial score (nSPS) is 10.4. The van der Waals surface area contributed by atoms with Gasteiger partial charge in [-0.2, -0.15) is 0 Å². The molecule has 0 saturated heterocycles. The van der Waals surface area contributed by atoms with Gasteiger partial charge in [0.25, 0.3) is 5.91 Å². The Morgan fingerprint density at radius 2 is 2.05 bits per heavy atom. The number of ether oxygens (including phenoxy) is 1. The van der Waals surface area contributed by atoms with Gasteiger partial charge in [0.1, 0.15) is 16.6 Å². The molecule has 1 aromatic carbocycles. The van der Waals surface area contributed by atoms with Gasteiger partial charge in [-0.3, -0.25) is 4.79 Å². The molecule has 1 heterocycles. The zero-order chi connectivity index (χ0) is 14.7. The topological polar surface area (TPSA) is 54.1 Å². The Morgan fingerprint density at radius 3 is 2.65 bits per heavy atom. The van der Waals surface area contributed by atoms with Gasteiger partial charge in [0, 0.05) is 17.1 Å². The maximum absolute atomic E-state index is 11.9. The minimum Gasteiger partial charge on any atom is -0.496 e. The van der Waals surface area contributed by atoms with E-state index in [9.17, 15) is 4.79 Å². The number of rotatable bonds is 4. The highest BCUT2D eigenvalue weighted by atomic mass is 35.5. The molecule has 7 heteroatoms. The van der Waals surface area contributed by atoms with E-state index >= 15 is 0 Å². The van der Waals surface area contributed by atoms with Crippen LogP contribution in [0.15, 0.2) is 24.3 Å². The molecule has 0 aliphatic rings. The maximum atomic E-state index is 11.9. The fraction of sp³-hybridized carbons (Fsp3) is 0.154. The summed E-state index contributed by atoms with van der Waals surface area (Å²) < 4.78 is 5.20. The zero-order valence-electron chi connectivity index (χ0n) is 10.5. The van der Waals surface area contributed by atoms with Gasteiger partial charge in [0.05, 0.1) is 12.1 Å². The minimum atomic E-state index is -0.319. The van der Waals surface area contributed by atoms with Crippen molar-refractivity contribution in [3.8, 4) is 5.75 Å². The summed E-state index contributed by atoms with van der Waals surface area (Å²) in [5, 5.41) is 3.84. The highest BCUT2D eigenvalue weighted by Crippen LogP contribution is 2.23. The van der Waals surface area contributed by atoms with Gasteiger partial charge in [-0.15, -0.1) is 0 Å². The van der Waals surface area contributed by atoms with Crippen LogP contribution in [0.3, 0.4) is 0 Å². The Bertz CT molecular complexity index is 621. The van der Waals surface area contributed by atoms with Gasteiger partial charge in [0.2, 0.25) is 0 Å². The van der Waals surface area contributed by atoms with E-state index in [1.54, 1.807) is 25.3 Å². The lowest BCUT2D eigenvalue weighted by Crippen LogP contribution is -2.23. The second kappa shape index (κ2) is 6.39. The standard InChI is InChI=1S/C13H11Cl3N2O2/c1-20-11-3-2-8(14)4-7(11)6-17-13(19)10-5-9(15)12(16)18-10/h2-5,18H,6H2,1H3,(H,17,19). The van der Waals surface area contributed by atoms with E-state index < -0.39 is 0 Å². The summed E-state index contributed by atoms with van der Waals surface area (Å²) in [4.78, 5) is 14.6. The van der Waals surface area contributed by atoms with E-state index in [1.807, 2.05) is 0 Å². The van der Waals surface area contributed by atoms with Crippen LogP contribution in [-0.2, 0) is 6.54 Å². The van der Waals surface area contributed by atoms with Crippen molar-refractivity contribution in [1.82, 2.24) is 10.3 Å². The first-order valence-corrected chi connectivity index (χ1v) is 6.79. The molecule has 2 aromatic rings. The summed E-state index contributed by atoms with van der Waals surface area (Å²) in [6.45, 7) is 0.275. The van der Waals surface area contributed by atoms with Gasteiger partial charge in [0.15, 0.2) is 0 Å². The molecule has 0 spiro atoms. The Balaban J connectivity index is 2.08. The van der Waals surface area contributed by atoms with Gasteiger partial charge in [-0.05, 0) is 24.3 Å². The van der Waals surface area contributed by atoms with E-state index in [2.05, 4.69) is 10.3 Å². The van der Waals surface area contributed by atoms with Crippen LogP contribution in [0.1, 0.15) is 16.1 Å². The van der Waals surface area contributed by atoms with E-state index in [4.69, 9.17) is 39.5 Å².